The Kier molecular flexibility index (Phi) is 5.87. The van der Waals surface area contributed by atoms with Gasteiger partial charge in [-0.05, 0) is 64.0 Å². The summed E-state index contributed by atoms with van der Waals surface area (Å²) in [4.78, 5) is 14.3. The number of hydrogen-bond acceptors (Lipinski definition) is 5. The fourth-order valence-corrected chi connectivity index (χ4v) is 2.59. The predicted octanol–water partition coefficient (Wildman–Crippen LogP) is 2.34. The molecule has 1 fully saturated rings. The Balaban J connectivity index is 1.82. The van der Waals surface area contributed by atoms with Gasteiger partial charge in [0, 0.05) is 17.9 Å². The molecule has 0 saturated carbocycles. The zero-order valence-corrected chi connectivity index (χ0v) is 12.7. The van der Waals surface area contributed by atoms with E-state index in [1.54, 1.807) is 19.1 Å². The van der Waals surface area contributed by atoms with E-state index in [4.69, 9.17) is 10.5 Å². The number of rotatable bonds is 7. The lowest BCUT2D eigenvalue weighted by Crippen LogP contribution is -2.22. The molecule has 1 heterocycles. The highest BCUT2D eigenvalue weighted by Crippen LogP contribution is 2.19. The van der Waals surface area contributed by atoms with Gasteiger partial charge in [0.2, 0.25) is 0 Å². The number of nitrogen functional groups attached to an aromatic ring is 1. The number of ether oxygens (including phenoxy) is 1. The van der Waals surface area contributed by atoms with Crippen molar-refractivity contribution in [3.8, 4) is 0 Å². The highest BCUT2D eigenvalue weighted by molar-refractivity contribution is 5.96. The molecule has 0 radical (unpaired) electrons. The van der Waals surface area contributed by atoms with Crippen molar-refractivity contribution in [2.45, 2.75) is 26.2 Å². The average Bonchev–Trinajstić information content (AvgIpc) is 2.98. The van der Waals surface area contributed by atoms with Crippen LogP contribution in [-0.2, 0) is 4.74 Å². The summed E-state index contributed by atoms with van der Waals surface area (Å²) in [5.74, 6) is -0.365. The summed E-state index contributed by atoms with van der Waals surface area (Å²) in [6.07, 6.45) is 3.75. The summed E-state index contributed by atoms with van der Waals surface area (Å²) in [5, 5.41) is 3.34. The van der Waals surface area contributed by atoms with Gasteiger partial charge in [0.1, 0.15) is 0 Å². The van der Waals surface area contributed by atoms with Crippen LogP contribution in [0.5, 0.6) is 0 Å². The summed E-state index contributed by atoms with van der Waals surface area (Å²) in [6.45, 7) is 6.62. The summed E-state index contributed by atoms with van der Waals surface area (Å²) < 4.78 is 5.00. The van der Waals surface area contributed by atoms with Gasteiger partial charge in [-0.25, -0.2) is 4.79 Å². The van der Waals surface area contributed by atoms with E-state index in [9.17, 15) is 4.79 Å². The molecule has 0 bridgehead atoms. The molecule has 1 aliphatic rings. The molecule has 0 atom stereocenters. The van der Waals surface area contributed by atoms with Crippen LogP contribution in [0.3, 0.4) is 0 Å². The smallest absolute Gasteiger partial charge is 0.340 e. The van der Waals surface area contributed by atoms with Crippen molar-refractivity contribution in [2.24, 2.45) is 0 Å². The Morgan fingerprint density at radius 1 is 1.38 bits per heavy atom. The first kappa shape index (κ1) is 15.6. The molecule has 21 heavy (non-hydrogen) atoms. The molecule has 0 spiro atoms. The average molecular weight is 291 g/mol. The molecule has 5 heteroatoms. The monoisotopic (exact) mass is 291 g/mol. The Bertz CT molecular complexity index is 471. The quantitative estimate of drug-likeness (QED) is 0.458. The van der Waals surface area contributed by atoms with E-state index in [1.807, 2.05) is 6.07 Å². The number of carbonyl (C=O) groups is 1. The standard InChI is InChI=1S/C16H25N3O2/c1-2-21-16(20)14-12-13(6-7-15(14)17)18-8-5-11-19-9-3-4-10-19/h6-7,12,18H,2-5,8-11,17H2,1H3. The maximum Gasteiger partial charge on any atom is 0.340 e. The number of anilines is 2. The number of carbonyl (C=O) groups excluding carboxylic acids is 1. The number of benzene rings is 1. The summed E-state index contributed by atoms with van der Waals surface area (Å²) in [5.41, 5.74) is 7.62. The van der Waals surface area contributed by atoms with Crippen LogP contribution in [0.1, 0.15) is 36.5 Å². The van der Waals surface area contributed by atoms with Gasteiger partial charge in [-0.3, -0.25) is 0 Å². The number of hydrogen-bond donors (Lipinski definition) is 2. The largest absolute Gasteiger partial charge is 0.462 e. The summed E-state index contributed by atoms with van der Waals surface area (Å²) in [7, 11) is 0. The van der Waals surface area contributed by atoms with Crippen LogP contribution in [0.15, 0.2) is 18.2 Å². The van der Waals surface area contributed by atoms with Crippen LogP contribution in [0.2, 0.25) is 0 Å². The van der Waals surface area contributed by atoms with Crippen LogP contribution in [-0.4, -0.2) is 43.7 Å². The van der Waals surface area contributed by atoms with E-state index in [0.717, 1.165) is 25.2 Å². The van der Waals surface area contributed by atoms with Crippen molar-refractivity contribution >= 4 is 17.3 Å². The van der Waals surface area contributed by atoms with E-state index in [1.165, 1.54) is 25.9 Å². The summed E-state index contributed by atoms with van der Waals surface area (Å²) in [6, 6.07) is 5.41. The van der Waals surface area contributed by atoms with E-state index in [-0.39, 0.29) is 5.97 Å². The summed E-state index contributed by atoms with van der Waals surface area (Å²) >= 11 is 0. The van der Waals surface area contributed by atoms with E-state index in [2.05, 4.69) is 10.2 Å². The second-order valence-corrected chi connectivity index (χ2v) is 5.35. The second-order valence-electron chi connectivity index (χ2n) is 5.35. The second kappa shape index (κ2) is 7.88. The fourth-order valence-electron chi connectivity index (χ4n) is 2.59. The maximum atomic E-state index is 11.8. The van der Waals surface area contributed by atoms with Gasteiger partial charge in [-0.15, -0.1) is 0 Å². The third kappa shape index (κ3) is 4.63. The molecule has 0 amide bonds. The SMILES string of the molecule is CCOC(=O)c1cc(NCCCN2CCCC2)ccc1N. The van der Waals surface area contributed by atoms with Crippen LogP contribution in [0.25, 0.3) is 0 Å². The van der Waals surface area contributed by atoms with Gasteiger partial charge in [-0.2, -0.15) is 0 Å². The van der Waals surface area contributed by atoms with Crippen LogP contribution < -0.4 is 11.1 Å². The highest BCUT2D eigenvalue weighted by Gasteiger charge is 2.12. The molecule has 5 nitrogen and oxygen atoms in total. The molecule has 1 aliphatic heterocycles. The van der Waals surface area contributed by atoms with Crippen molar-refractivity contribution in [1.29, 1.82) is 0 Å². The van der Waals surface area contributed by atoms with E-state index in [0.29, 0.717) is 17.9 Å². The van der Waals surface area contributed by atoms with Crippen molar-refractivity contribution in [1.82, 2.24) is 4.90 Å². The van der Waals surface area contributed by atoms with Crippen LogP contribution in [0, 0.1) is 0 Å². The van der Waals surface area contributed by atoms with Gasteiger partial charge >= 0.3 is 5.97 Å². The first-order valence-electron chi connectivity index (χ1n) is 7.73. The zero-order valence-electron chi connectivity index (χ0n) is 12.7. The molecule has 0 aromatic heterocycles. The molecule has 2 rings (SSSR count). The lowest BCUT2D eigenvalue weighted by molar-refractivity contribution is 0.0527. The topological polar surface area (TPSA) is 67.6 Å². The van der Waals surface area contributed by atoms with Crippen molar-refractivity contribution in [3.05, 3.63) is 23.8 Å². The number of esters is 1. The minimum atomic E-state index is -0.365. The van der Waals surface area contributed by atoms with E-state index < -0.39 is 0 Å². The number of nitrogens with one attached hydrogen (secondary N) is 1. The Hall–Kier alpha value is -1.75. The van der Waals surface area contributed by atoms with Gasteiger partial charge in [-0.1, -0.05) is 0 Å². The molecule has 1 aromatic rings. The molecule has 1 aromatic carbocycles. The van der Waals surface area contributed by atoms with Gasteiger partial charge in [0.15, 0.2) is 0 Å². The minimum Gasteiger partial charge on any atom is -0.462 e. The molecule has 1 saturated heterocycles. The minimum absolute atomic E-state index is 0.353. The van der Waals surface area contributed by atoms with Gasteiger partial charge in [0.05, 0.1) is 12.2 Å². The number of nitrogens with zero attached hydrogens (tertiary/aromatic N) is 1. The fraction of sp³-hybridized carbons (Fsp3) is 0.562. The van der Waals surface area contributed by atoms with Gasteiger partial charge in [0.25, 0.3) is 0 Å². The molecular weight excluding hydrogens is 266 g/mol. The molecular formula is C16H25N3O2. The first-order valence-corrected chi connectivity index (χ1v) is 7.73. The van der Waals surface area contributed by atoms with E-state index >= 15 is 0 Å². The zero-order chi connectivity index (χ0) is 15.1. The molecule has 3 N–H and O–H groups in total. The number of nitrogens with two attached hydrogens (primary N) is 1. The molecule has 116 valence electrons. The van der Waals surface area contributed by atoms with Crippen LogP contribution in [0.4, 0.5) is 11.4 Å². The first-order chi connectivity index (χ1) is 10.2. The maximum absolute atomic E-state index is 11.8. The van der Waals surface area contributed by atoms with Gasteiger partial charge < -0.3 is 20.7 Å². The molecule has 0 aliphatic carbocycles. The predicted molar refractivity (Wildman–Crippen MR) is 85.6 cm³/mol. The third-order valence-corrected chi connectivity index (χ3v) is 3.73. The third-order valence-electron chi connectivity index (χ3n) is 3.73. The lowest BCUT2D eigenvalue weighted by atomic mass is 10.1. The van der Waals surface area contributed by atoms with Crippen molar-refractivity contribution in [2.75, 3.05) is 43.8 Å². The van der Waals surface area contributed by atoms with Crippen molar-refractivity contribution < 1.29 is 9.53 Å². The normalized spacial score (nSPS) is 15.1. The highest BCUT2D eigenvalue weighted by atomic mass is 16.5. The Morgan fingerprint density at radius 3 is 2.86 bits per heavy atom. The van der Waals surface area contributed by atoms with Crippen LogP contribution >= 0.6 is 0 Å². The van der Waals surface area contributed by atoms with Crippen molar-refractivity contribution in [3.63, 3.8) is 0 Å². The Labute approximate surface area is 126 Å². The number of likely N-dealkylation sites (tertiary alicyclic amines) is 1. The Morgan fingerprint density at radius 2 is 2.14 bits per heavy atom. The lowest BCUT2D eigenvalue weighted by Gasteiger charge is -2.15. The molecule has 0 unspecified atom stereocenters.